The fraction of sp³-hybridized carbons (Fsp3) is 0.182. The van der Waals surface area contributed by atoms with E-state index in [2.05, 4.69) is 11.1 Å². The Labute approximate surface area is 166 Å². The second-order valence-electron chi connectivity index (χ2n) is 6.82. The summed E-state index contributed by atoms with van der Waals surface area (Å²) < 4.78 is 4.38. The van der Waals surface area contributed by atoms with Gasteiger partial charge in [-0.2, -0.15) is 5.26 Å². The number of nitriles is 1. The van der Waals surface area contributed by atoms with Crippen LogP contribution in [0, 0.1) is 18.3 Å². The molecule has 2 aromatic heterocycles. The number of imidazole rings is 1. The highest BCUT2D eigenvalue weighted by molar-refractivity contribution is 5.72. The summed E-state index contributed by atoms with van der Waals surface area (Å²) >= 11 is 0. The molecule has 0 bridgehead atoms. The smallest absolute Gasteiger partial charge is 0.320 e. The molecule has 0 radical (unpaired) electrons. The summed E-state index contributed by atoms with van der Waals surface area (Å²) in [4.78, 5) is 30.5. The monoisotopic (exact) mass is 385 g/mol. The molecule has 0 aliphatic carbocycles. The molecule has 2 heterocycles. The predicted octanol–water partition coefficient (Wildman–Crippen LogP) is 2.60. The van der Waals surface area contributed by atoms with E-state index in [1.54, 1.807) is 30.0 Å². The minimum atomic E-state index is -0.418. The fourth-order valence-corrected chi connectivity index (χ4v) is 3.53. The number of aromatic nitrogens is 4. The number of hydrogen-bond acceptors (Lipinski definition) is 4. The molecule has 0 saturated carbocycles. The largest absolute Gasteiger partial charge is 0.337 e. The van der Waals surface area contributed by atoms with Crippen LogP contribution in [0.4, 0.5) is 0 Å². The summed E-state index contributed by atoms with van der Waals surface area (Å²) in [6.07, 6.45) is 1.55. The van der Waals surface area contributed by atoms with E-state index in [1.807, 2.05) is 43.3 Å². The van der Waals surface area contributed by atoms with Gasteiger partial charge in [0.1, 0.15) is 0 Å². The zero-order valence-electron chi connectivity index (χ0n) is 16.2. The van der Waals surface area contributed by atoms with Gasteiger partial charge in [-0.1, -0.05) is 30.3 Å². The van der Waals surface area contributed by atoms with Crippen molar-refractivity contribution in [1.82, 2.24) is 18.7 Å². The first kappa shape index (κ1) is 18.4. The SMILES string of the molecule is CCn1c(=O)c2c(ncn2Cc2ccccc2C#N)n(-c2cccc(C)c2)c1=O. The molecule has 4 rings (SSSR count). The van der Waals surface area contributed by atoms with E-state index in [9.17, 15) is 14.9 Å². The molecular weight excluding hydrogens is 366 g/mol. The lowest BCUT2D eigenvalue weighted by molar-refractivity contribution is 0.655. The first-order valence-corrected chi connectivity index (χ1v) is 9.31. The van der Waals surface area contributed by atoms with Crippen LogP contribution in [0.15, 0.2) is 64.4 Å². The average Bonchev–Trinajstić information content (AvgIpc) is 3.12. The number of hydrogen-bond donors (Lipinski definition) is 0. The molecule has 0 aliphatic rings. The normalized spacial score (nSPS) is 10.9. The predicted molar refractivity (Wildman–Crippen MR) is 110 cm³/mol. The van der Waals surface area contributed by atoms with Gasteiger partial charge in [0.2, 0.25) is 0 Å². The highest BCUT2D eigenvalue weighted by Crippen LogP contribution is 2.17. The van der Waals surface area contributed by atoms with Crippen molar-refractivity contribution in [1.29, 1.82) is 5.26 Å². The molecular formula is C22H19N5O2. The van der Waals surface area contributed by atoms with Crippen LogP contribution >= 0.6 is 0 Å². The van der Waals surface area contributed by atoms with Gasteiger partial charge < -0.3 is 4.57 Å². The zero-order chi connectivity index (χ0) is 20.5. The van der Waals surface area contributed by atoms with Crippen molar-refractivity contribution in [3.63, 3.8) is 0 Å². The summed E-state index contributed by atoms with van der Waals surface area (Å²) in [5, 5.41) is 9.37. The minimum absolute atomic E-state index is 0.249. The highest BCUT2D eigenvalue weighted by Gasteiger charge is 2.19. The molecule has 0 saturated heterocycles. The molecule has 0 amide bonds. The van der Waals surface area contributed by atoms with Crippen molar-refractivity contribution < 1.29 is 0 Å². The van der Waals surface area contributed by atoms with Crippen LogP contribution in [0.25, 0.3) is 16.9 Å². The highest BCUT2D eigenvalue weighted by atomic mass is 16.2. The summed E-state index contributed by atoms with van der Waals surface area (Å²) in [5.74, 6) is 0. The Balaban J connectivity index is 2.01. The first-order chi connectivity index (χ1) is 14.0. The molecule has 0 N–H and O–H groups in total. The first-order valence-electron chi connectivity index (χ1n) is 9.31. The molecule has 0 unspecified atom stereocenters. The molecule has 0 aliphatic heterocycles. The van der Waals surface area contributed by atoms with Gasteiger partial charge in [-0.15, -0.1) is 0 Å². The molecule has 29 heavy (non-hydrogen) atoms. The van der Waals surface area contributed by atoms with E-state index >= 15 is 0 Å². The number of nitrogens with zero attached hydrogens (tertiary/aromatic N) is 5. The van der Waals surface area contributed by atoms with E-state index in [0.717, 1.165) is 11.1 Å². The van der Waals surface area contributed by atoms with E-state index in [1.165, 1.54) is 9.13 Å². The maximum Gasteiger partial charge on any atom is 0.337 e. The van der Waals surface area contributed by atoms with E-state index < -0.39 is 5.69 Å². The zero-order valence-corrected chi connectivity index (χ0v) is 16.2. The molecule has 0 fully saturated rings. The third kappa shape index (κ3) is 3.05. The maximum atomic E-state index is 13.1. The third-order valence-electron chi connectivity index (χ3n) is 4.95. The van der Waals surface area contributed by atoms with Gasteiger partial charge in [0.05, 0.1) is 30.2 Å². The number of benzene rings is 2. The summed E-state index contributed by atoms with van der Waals surface area (Å²) in [5.41, 5.74) is 2.82. The number of aryl methyl sites for hydroxylation is 1. The van der Waals surface area contributed by atoms with Crippen LogP contribution in [0.5, 0.6) is 0 Å². The second kappa shape index (κ2) is 7.24. The van der Waals surface area contributed by atoms with Gasteiger partial charge in [0.25, 0.3) is 5.56 Å². The van der Waals surface area contributed by atoms with Gasteiger partial charge in [0.15, 0.2) is 11.2 Å². The molecule has 7 heteroatoms. The Kier molecular flexibility index (Phi) is 4.61. The number of fused-ring (bicyclic) bond motifs is 1. The lowest BCUT2D eigenvalue weighted by atomic mass is 10.1. The van der Waals surface area contributed by atoms with Crippen LogP contribution in [0.3, 0.4) is 0 Å². The Hall–Kier alpha value is -3.92. The minimum Gasteiger partial charge on any atom is -0.320 e. The lowest BCUT2D eigenvalue weighted by Crippen LogP contribution is -2.39. The molecule has 2 aromatic carbocycles. The van der Waals surface area contributed by atoms with E-state index in [-0.39, 0.29) is 12.1 Å². The maximum absolute atomic E-state index is 13.1. The molecule has 7 nitrogen and oxygen atoms in total. The van der Waals surface area contributed by atoms with E-state index in [4.69, 9.17) is 0 Å². The van der Waals surface area contributed by atoms with Gasteiger partial charge in [-0.25, -0.2) is 14.3 Å². The van der Waals surface area contributed by atoms with Crippen LogP contribution in [-0.2, 0) is 13.1 Å². The molecule has 144 valence electrons. The fourth-order valence-electron chi connectivity index (χ4n) is 3.53. The van der Waals surface area contributed by atoms with Crippen molar-refractivity contribution in [2.45, 2.75) is 26.9 Å². The standard InChI is InChI=1S/C22H19N5O2/c1-3-26-21(28)19-20(27(22(26)29)18-10-6-7-15(2)11-18)24-14-25(19)13-17-9-5-4-8-16(17)12-23/h4-11,14H,3,13H2,1-2H3. The molecule has 0 atom stereocenters. The van der Waals surface area contributed by atoms with Crippen LogP contribution in [0.2, 0.25) is 0 Å². The quantitative estimate of drug-likeness (QED) is 0.540. The van der Waals surface area contributed by atoms with Gasteiger partial charge in [0, 0.05) is 6.54 Å². The van der Waals surface area contributed by atoms with Crippen molar-refractivity contribution in [2.24, 2.45) is 0 Å². The van der Waals surface area contributed by atoms with Gasteiger partial charge in [-0.3, -0.25) is 9.36 Å². The third-order valence-corrected chi connectivity index (χ3v) is 4.95. The van der Waals surface area contributed by atoms with Crippen molar-refractivity contribution >= 4 is 11.2 Å². The second-order valence-corrected chi connectivity index (χ2v) is 6.82. The Bertz CT molecular complexity index is 1390. The lowest BCUT2D eigenvalue weighted by Gasteiger charge is -2.12. The molecule has 0 spiro atoms. The summed E-state index contributed by atoms with van der Waals surface area (Å²) in [7, 11) is 0. The Morgan fingerprint density at radius 2 is 1.90 bits per heavy atom. The van der Waals surface area contributed by atoms with Crippen LogP contribution in [-0.4, -0.2) is 18.7 Å². The molecule has 4 aromatic rings. The van der Waals surface area contributed by atoms with Crippen molar-refractivity contribution in [2.75, 3.05) is 0 Å². The summed E-state index contributed by atoms with van der Waals surface area (Å²) in [6, 6.07) is 16.9. The van der Waals surface area contributed by atoms with Crippen LogP contribution < -0.4 is 11.2 Å². The van der Waals surface area contributed by atoms with E-state index in [0.29, 0.717) is 29.0 Å². The van der Waals surface area contributed by atoms with Crippen LogP contribution in [0.1, 0.15) is 23.6 Å². The Morgan fingerprint density at radius 1 is 1.10 bits per heavy atom. The summed E-state index contributed by atoms with van der Waals surface area (Å²) in [6.45, 7) is 4.27. The Morgan fingerprint density at radius 3 is 2.62 bits per heavy atom. The number of rotatable bonds is 4. The van der Waals surface area contributed by atoms with Gasteiger partial charge in [-0.05, 0) is 43.2 Å². The van der Waals surface area contributed by atoms with Gasteiger partial charge >= 0.3 is 5.69 Å². The average molecular weight is 385 g/mol. The van der Waals surface area contributed by atoms with Crippen molar-refractivity contribution in [3.05, 3.63) is 92.4 Å². The topological polar surface area (TPSA) is 85.6 Å². The van der Waals surface area contributed by atoms with Crippen molar-refractivity contribution in [3.8, 4) is 11.8 Å².